The highest BCUT2D eigenvalue weighted by molar-refractivity contribution is 8.00. The molecule has 1 atom stereocenters. The van der Waals surface area contributed by atoms with Gasteiger partial charge in [-0.1, -0.05) is 54.6 Å². The molecule has 0 bridgehead atoms. The molecule has 0 N–H and O–H groups in total. The molecule has 2 amide bonds. The summed E-state index contributed by atoms with van der Waals surface area (Å²) >= 11 is 1.45. The molecular formula is C20H15NO2S. The molecule has 1 fully saturated rings. The van der Waals surface area contributed by atoms with E-state index >= 15 is 0 Å². The topological polar surface area (TPSA) is 37.4 Å². The second-order valence-electron chi connectivity index (χ2n) is 5.69. The Kier molecular flexibility index (Phi) is 3.82. The van der Waals surface area contributed by atoms with Crippen molar-refractivity contribution >= 4 is 40.0 Å². The Morgan fingerprint density at radius 1 is 0.833 bits per heavy atom. The molecule has 3 aromatic rings. The lowest BCUT2D eigenvalue weighted by molar-refractivity contribution is -0.121. The normalized spacial score (nSPS) is 17.7. The van der Waals surface area contributed by atoms with Crippen molar-refractivity contribution in [2.24, 2.45) is 0 Å². The molecule has 3 nitrogen and oxygen atoms in total. The predicted octanol–water partition coefficient (Wildman–Crippen LogP) is 4.26. The highest BCUT2D eigenvalue weighted by Crippen LogP contribution is 2.36. The van der Waals surface area contributed by atoms with E-state index in [1.807, 2.05) is 72.8 Å². The van der Waals surface area contributed by atoms with Crippen molar-refractivity contribution in [3.8, 4) is 0 Å². The molecule has 0 spiro atoms. The van der Waals surface area contributed by atoms with E-state index in [0.717, 1.165) is 15.7 Å². The number of hydrogen-bond acceptors (Lipinski definition) is 3. The minimum atomic E-state index is -0.362. The third-order valence-corrected chi connectivity index (χ3v) is 5.33. The molecular weight excluding hydrogens is 318 g/mol. The van der Waals surface area contributed by atoms with E-state index in [1.54, 1.807) is 0 Å². The van der Waals surface area contributed by atoms with Crippen molar-refractivity contribution in [1.82, 2.24) is 0 Å². The number of nitrogens with zero attached hydrogens (tertiary/aromatic N) is 1. The quantitative estimate of drug-likeness (QED) is 0.672. The number of thioether (sulfide) groups is 1. The zero-order chi connectivity index (χ0) is 16.5. The molecule has 1 aliphatic rings. The van der Waals surface area contributed by atoms with Gasteiger partial charge in [0.1, 0.15) is 0 Å². The molecule has 1 unspecified atom stereocenters. The number of carbonyl (C=O) groups excluding carboxylic acids is 2. The molecule has 1 saturated heterocycles. The number of imide groups is 1. The Labute approximate surface area is 144 Å². The van der Waals surface area contributed by atoms with Crippen molar-refractivity contribution in [2.45, 2.75) is 16.6 Å². The zero-order valence-electron chi connectivity index (χ0n) is 12.9. The van der Waals surface area contributed by atoms with E-state index in [0.29, 0.717) is 5.69 Å². The summed E-state index contributed by atoms with van der Waals surface area (Å²) in [6.45, 7) is 0. The summed E-state index contributed by atoms with van der Waals surface area (Å²) < 4.78 is 0. The first-order valence-electron chi connectivity index (χ1n) is 7.80. The molecule has 24 heavy (non-hydrogen) atoms. The lowest BCUT2D eigenvalue weighted by Crippen LogP contribution is -2.31. The lowest BCUT2D eigenvalue weighted by atomic mass is 10.1. The van der Waals surface area contributed by atoms with Crippen LogP contribution in [0.15, 0.2) is 77.7 Å². The summed E-state index contributed by atoms with van der Waals surface area (Å²) in [5.41, 5.74) is 0.680. The van der Waals surface area contributed by atoms with E-state index in [1.165, 1.54) is 16.7 Å². The van der Waals surface area contributed by atoms with Gasteiger partial charge in [0.25, 0.3) is 0 Å². The molecule has 4 heteroatoms. The van der Waals surface area contributed by atoms with Gasteiger partial charge in [-0.2, -0.15) is 0 Å². The lowest BCUT2D eigenvalue weighted by Gasteiger charge is -2.17. The highest BCUT2D eigenvalue weighted by Gasteiger charge is 2.40. The number of anilines is 1. The Bertz CT molecular complexity index is 918. The average Bonchev–Trinajstić information content (AvgIpc) is 2.89. The first-order chi connectivity index (χ1) is 11.7. The number of rotatable bonds is 3. The molecule has 0 aromatic heterocycles. The maximum absolute atomic E-state index is 12.8. The van der Waals surface area contributed by atoms with Crippen LogP contribution >= 0.6 is 11.8 Å². The smallest absolute Gasteiger partial charge is 0.247 e. The molecule has 3 aromatic carbocycles. The van der Waals surface area contributed by atoms with Crippen LogP contribution < -0.4 is 4.90 Å². The van der Waals surface area contributed by atoms with Crippen LogP contribution in [0.3, 0.4) is 0 Å². The SMILES string of the molecule is O=C1CC(Sc2ccccc2)C(=O)N1c1cccc2ccccc12. The van der Waals surface area contributed by atoms with Crippen LogP contribution in [-0.4, -0.2) is 17.1 Å². The summed E-state index contributed by atoms with van der Waals surface area (Å²) in [4.78, 5) is 27.7. The number of benzene rings is 3. The van der Waals surface area contributed by atoms with Crippen LogP contribution in [-0.2, 0) is 9.59 Å². The predicted molar refractivity (Wildman–Crippen MR) is 97.1 cm³/mol. The maximum Gasteiger partial charge on any atom is 0.247 e. The number of amides is 2. The molecule has 0 saturated carbocycles. The van der Waals surface area contributed by atoms with Gasteiger partial charge in [0.05, 0.1) is 10.9 Å². The Balaban J connectivity index is 1.68. The fraction of sp³-hybridized carbons (Fsp3) is 0.100. The minimum absolute atomic E-state index is 0.134. The molecule has 0 aliphatic carbocycles. The summed E-state index contributed by atoms with van der Waals surface area (Å²) in [6.07, 6.45) is 0.238. The second kappa shape index (κ2) is 6.13. The third kappa shape index (κ3) is 2.59. The van der Waals surface area contributed by atoms with Crippen molar-refractivity contribution in [1.29, 1.82) is 0 Å². The highest BCUT2D eigenvalue weighted by atomic mass is 32.2. The van der Waals surface area contributed by atoms with Gasteiger partial charge in [0, 0.05) is 16.7 Å². The van der Waals surface area contributed by atoms with Crippen LogP contribution in [0, 0.1) is 0 Å². The first-order valence-corrected chi connectivity index (χ1v) is 8.68. The zero-order valence-corrected chi connectivity index (χ0v) is 13.7. The standard InChI is InChI=1S/C20H15NO2S/c22-19-13-18(24-15-9-2-1-3-10-15)20(23)21(19)17-12-6-8-14-7-4-5-11-16(14)17/h1-12,18H,13H2. The fourth-order valence-corrected chi connectivity index (χ4v) is 4.09. The number of fused-ring (bicyclic) bond motifs is 1. The van der Waals surface area contributed by atoms with Crippen LogP contribution in [0.25, 0.3) is 10.8 Å². The first kappa shape index (κ1) is 15.0. The number of carbonyl (C=O) groups is 2. The fourth-order valence-electron chi connectivity index (χ4n) is 3.02. The van der Waals surface area contributed by atoms with E-state index in [2.05, 4.69) is 0 Å². The molecule has 4 rings (SSSR count). The Morgan fingerprint density at radius 3 is 2.38 bits per heavy atom. The van der Waals surface area contributed by atoms with Crippen LogP contribution in [0.2, 0.25) is 0 Å². The van der Waals surface area contributed by atoms with Gasteiger partial charge in [-0.3, -0.25) is 9.59 Å². The summed E-state index contributed by atoms with van der Waals surface area (Å²) in [5.74, 6) is -0.269. The summed E-state index contributed by atoms with van der Waals surface area (Å²) in [5, 5.41) is 1.58. The Hall–Kier alpha value is -2.59. The molecule has 1 aliphatic heterocycles. The Morgan fingerprint density at radius 2 is 1.54 bits per heavy atom. The van der Waals surface area contributed by atoms with Gasteiger partial charge in [-0.25, -0.2) is 4.90 Å². The van der Waals surface area contributed by atoms with Gasteiger partial charge in [0.15, 0.2) is 0 Å². The second-order valence-corrected chi connectivity index (χ2v) is 6.97. The molecule has 0 radical (unpaired) electrons. The van der Waals surface area contributed by atoms with Crippen LogP contribution in [0.5, 0.6) is 0 Å². The van der Waals surface area contributed by atoms with Gasteiger partial charge in [0.2, 0.25) is 11.8 Å². The van der Waals surface area contributed by atoms with E-state index in [4.69, 9.17) is 0 Å². The van der Waals surface area contributed by atoms with Crippen molar-refractivity contribution in [3.05, 3.63) is 72.8 Å². The summed E-state index contributed by atoms with van der Waals surface area (Å²) in [6, 6.07) is 23.3. The van der Waals surface area contributed by atoms with Crippen molar-refractivity contribution < 1.29 is 9.59 Å². The van der Waals surface area contributed by atoms with Gasteiger partial charge >= 0.3 is 0 Å². The number of hydrogen-bond donors (Lipinski definition) is 0. The third-order valence-electron chi connectivity index (χ3n) is 4.13. The van der Waals surface area contributed by atoms with Crippen LogP contribution in [0.1, 0.15) is 6.42 Å². The van der Waals surface area contributed by atoms with Gasteiger partial charge < -0.3 is 0 Å². The van der Waals surface area contributed by atoms with E-state index in [9.17, 15) is 9.59 Å². The summed E-state index contributed by atoms with van der Waals surface area (Å²) in [7, 11) is 0. The average molecular weight is 333 g/mol. The maximum atomic E-state index is 12.8. The van der Waals surface area contributed by atoms with E-state index < -0.39 is 0 Å². The minimum Gasteiger partial charge on any atom is -0.274 e. The van der Waals surface area contributed by atoms with Crippen molar-refractivity contribution in [2.75, 3.05) is 4.90 Å². The largest absolute Gasteiger partial charge is 0.274 e. The molecule has 118 valence electrons. The van der Waals surface area contributed by atoms with E-state index in [-0.39, 0.29) is 23.5 Å². The molecule has 1 heterocycles. The monoisotopic (exact) mass is 333 g/mol. The van der Waals surface area contributed by atoms with Gasteiger partial charge in [-0.05, 0) is 23.6 Å². The van der Waals surface area contributed by atoms with Crippen LogP contribution in [0.4, 0.5) is 5.69 Å². The van der Waals surface area contributed by atoms with Gasteiger partial charge in [-0.15, -0.1) is 11.8 Å². The van der Waals surface area contributed by atoms with Crippen molar-refractivity contribution in [3.63, 3.8) is 0 Å².